The summed E-state index contributed by atoms with van der Waals surface area (Å²) in [6, 6.07) is 2.00. The molecule has 0 atom stereocenters. The average Bonchev–Trinajstić information content (AvgIpc) is 2.47. The Morgan fingerprint density at radius 3 is 3.00 bits per heavy atom. The van der Waals surface area contributed by atoms with Crippen molar-refractivity contribution in [3.63, 3.8) is 0 Å². The van der Waals surface area contributed by atoms with Gasteiger partial charge in [-0.2, -0.15) is 10.4 Å². The molecule has 0 bridgehead atoms. The van der Waals surface area contributed by atoms with Crippen LogP contribution in [0.1, 0.15) is 24.6 Å². The topological polar surface area (TPSA) is 78.5 Å². The number of nitriles is 1. The summed E-state index contributed by atoms with van der Waals surface area (Å²) < 4.78 is 0. The molecule has 0 unspecified atom stereocenters. The number of hydrogen-bond donors (Lipinski definition) is 2. The predicted molar refractivity (Wildman–Crippen MR) is 49.5 cm³/mol. The Labute approximate surface area is 76.8 Å². The molecule has 4 nitrogen and oxygen atoms in total. The van der Waals surface area contributed by atoms with Crippen molar-refractivity contribution in [1.82, 2.24) is 10.2 Å². The number of anilines is 1. The van der Waals surface area contributed by atoms with E-state index in [0.29, 0.717) is 18.4 Å². The zero-order valence-electron chi connectivity index (χ0n) is 7.39. The highest BCUT2D eigenvalue weighted by atomic mass is 15.2. The maximum atomic E-state index is 8.72. The first-order valence-corrected chi connectivity index (χ1v) is 3.92. The lowest BCUT2D eigenvalue weighted by Crippen LogP contribution is -1.90. The van der Waals surface area contributed by atoms with Gasteiger partial charge in [-0.15, -0.1) is 11.8 Å². The van der Waals surface area contributed by atoms with Gasteiger partial charge in [-0.3, -0.25) is 5.10 Å². The van der Waals surface area contributed by atoms with Crippen LogP contribution in [0, 0.1) is 23.2 Å². The molecule has 66 valence electrons. The van der Waals surface area contributed by atoms with E-state index < -0.39 is 0 Å². The Balaban J connectivity index is 2.76. The fourth-order valence-corrected chi connectivity index (χ4v) is 1.01. The number of nitrogen functional groups attached to an aromatic ring is 1. The van der Waals surface area contributed by atoms with Crippen molar-refractivity contribution in [2.75, 3.05) is 5.73 Å². The van der Waals surface area contributed by atoms with E-state index in [-0.39, 0.29) is 5.82 Å². The van der Waals surface area contributed by atoms with Gasteiger partial charge < -0.3 is 5.73 Å². The normalized spacial score (nSPS) is 8.62. The first kappa shape index (κ1) is 9.15. The van der Waals surface area contributed by atoms with Crippen LogP contribution in [0.5, 0.6) is 0 Å². The number of H-pyrrole nitrogens is 1. The van der Waals surface area contributed by atoms with Crippen LogP contribution >= 0.6 is 0 Å². The summed E-state index contributed by atoms with van der Waals surface area (Å²) in [4.78, 5) is 0. The molecule has 0 fully saturated rings. The van der Waals surface area contributed by atoms with Gasteiger partial charge in [-0.25, -0.2) is 0 Å². The second-order valence-corrected chi connectivity index (χ2v) is 2.50. The van der Waals surface area contributed by atoms with Gasteiger partial charge in [0.2, 0.25) is 0 Å². The summed E-state index contributed by atoms with van der Waals surface area (Å²) in [5.74, 6) is 5.96. The van der Waals surface area contributed by atoms with Crippen LogP contribution in [0.3, 0.4) is 0 Å². The van der Waals surface area contributed by atoms with Gasteiger partial charge in [0.05, 0.1) is 5.69 Å². The molecule has 0 radical (unpaired) electrons. The first-order valence-electron chi connectivity index (χ1n) is 3.92. The van der Waals surface area contributed by atoms with E-state index in [0.717, 1.165) is 5.69 Å². The molecule has 0 aromatic carbocycles. The molecule has 0 saturated heterocycles. The van der Waals surface area contributed by atoms with E-state index in [4.69, 9.17) is 11.0 Å². The second kappa shape index (κ2) is 4.18. The molecule has 0 aliphatic carbocycles. The molecule has 0 saturated carbocycles. The fourth-order valence-electron chi connectivity index (χ4n) is 1.01. The van der Waals surface area contributed by atoms with Crippen LogP contribution in [0.25, 0.3) is 0 Å². The minimum Gasteiger partial charge on any atom is -0.381 e. The molecule has 1 heterocycles. The molecule has 1 aromatic rings. The lowest BCUT2D eigenvalue weighted by atomic mass is 10.1. The van der Waals surface area contributed by atoms with Gasteiger partial charge in [0.15, 0.2) is 5.82 Å². The van der Waals surface area contributed by atoms with Crippen molar-refractivity contribution in [1.29, 1.82) is 5.26 Å². The van der Waals surface area contributed by atoms with Gasteiger partial charge in [0.25, 0.3) is 0 Å². The highest BCUT2D eigenvalue weighted by Gasteiger charge is 2.08. The second-order valence-electron chi connectivity index (χ2n) is 2.50. The van der Waals surface area contributed by atoms with Crippen LogP contribution in [0.2, 0.25) is 0 Å². The highest BCUT2D eigenvalue weighted by Crippen LogP contribution is 2.12. The molecule has 4 heteroatoms. The van der Waals surface area contributed by atoms with E-state index in [1.54, 1.807) is 6.92 Å². The number of nitrogens with zero attached hydrogens (tertiary/aromatic N) is 2. The average molecular weight is 174 g/mol. The number of aromatic amines is 1. The van der Waals surface area contributed by atoms with Gasteiger partial charge >= 0.3 is 0 Å². The van der Waals surface area contributed by atoms with Gasteiger partial charge in [0, 0.05) is 12.8 Å². The molecule has 1 rings (SSSR count). The summed E-state index contributed by atoms with van der Waals surface area (Å²) in [5, 5.41) is 15.2. The van der Waals surface area contributed by atoms with Gasteiger partial charge in [-0.05, 0) is 6.92 Å². The zero-order chi connectivity index (χ0) is 9.68. The minimum absolute atomic E-state index is 0.266. The van der Waals surface area contributed by atoms with Crippen molar-refractivity contribution in [2.24, 2.45) is 0 Å². The molecule has 0 amide bonds. The van der Waals surface area contributed by atoms with Crippen LogP contribution < -0.4 is 5.73 Å². The number of aromatic nitrogens is 2. The maximum Gasteiger partial charge on any atom is 0.163 e. The third-order valence-corrected chi connectivity index (χ3v) is 1.66. The summed E-state index contributed by atoms with van der Waals surface area (Å²) >= 11 is 0. The molecular formula is C9H10N4. The Kier molecular flexibility index (Phi) is 2.94. The quantitative estimate of drug-likeness (QED) is 0.651. The van der Waals surface area contributed by atoms with Gasteiger partial charge in [-0.1, -0.05) is 0 Å². The largest absolute Gasteiger partial charge is 0.381 e. The number of hydrogen-bond acceptors (Lipinski definition) is 3. The summed E-state index contributed by atoms with van der Waals surface area (Å²) in [5.41, 5.74) is 6.66. The Morgan fingerprint density at radius 1 is 1.62 bits per heavy atom. The molecule has 1 aromatic heterocycles. The molecule has 13 heavy (non-hydrogen) atoms. The van der Waals surface area contributed by atoms with E-state index in [2.05, 4.69) is 22.0 Å². The van der Waals surface area contributed by atoms with Crippen molar-refractivity contribution in [2.45, 2.75) is 19.8 Å². The van der Waals surface area contributed by atoms with E-state index in [1.165, 1.54) is 0 Å². The number of rotatable bonds is 2. The lowest BCUT2D eigenvalue weighted by molar-refractivity contribution is 0.927. The molecular weight excluding hydrogens is 164 g/mol. The molecule has 3 N–H and O–H groups in total. The Morgan fingerprint density at radius 2 is 2.38 bits per heavy atom. The highest BCUT2D eigenvalue weighted by molar-refractivity contribution is 5.50. The Hall–Kier alpha value is -1.94. The van der Waals surface area contributed by atoms with Crippen LogP contribution in [-0.2, 0) is 6.42 Å². The third-order valence-electron chi connectivity index (χ3n) is 1.66. The van der Waals surface area contributed by atoms with Crippen LogP contribution in [-0.4, -0.2) is 10.2 Å². The summed E-state index contributed by atoms with van der Waals surface area (Å²) in [6.45, 7) is 1.78. The first-order chi connectivity index (χ1) is 6.29. The van der Waals surface area contributed by atoms with Crippen molar-refractivity contribution in [3.05, 3.63) is 11.3 Å². The smallest absolute Gasteiger partial charge is 0.163 e. The predicted octanol–water partition coefficient (Wildman–Crippen LogP) is 0.819. The summed E-state index contributed by atoms with van der Waals surface area (Å²) in [6.07, 6.45) is 1.40. The standard InChI is InChI=1S/C9H10N4/c1-2-3-4-5-8-7(6-10)9(11)13-12-8/h4-5H2,1H3,(H3,11,12,13). The zero-order valence-corrected chi connectivity index (χ0v) is 7.39. The number of nitrogens with one attached hydrogen (secondary N) is 1. The van der Waals surface area contributed by atoms with Gasteiger partial charge in [0.1, 0.15) is 11.6 Å². The maximum absolute atomic E-state index is 8.72. The van der Waals surface area contributed by atoms with Crippen molar-refractivity contribution in [3.8, 4) is 17.9 Å². The summed E-state index contributed by atoms with van der Waals surface area (Å²) in [7, 11) is 0. The van der Waals surface area contributed by atoms with E-state index in [1.807, 2.05) is 6.07 Å². The van der Waals surface area contributed by atoms with Crippen LogP contribution in [0.4, 0.5) is 5.82 Å². The molecule has 0 spiro atoms. The van der Waals surface area contributed by atoms with Crippen LogP contribution in [0.15, 0.2) is 0 Å². The number of nitrogens with two attached hydrogens (primary N) is 1. The molecule has 0 aliphatic rings. The SMILES string of the molecule is CC#CCCc1[nH]nc(N)c1C#N. The van der Waals surface area contributed by atoms with Crippen molar-refractivity contribution < 1.29 is 0 Å². The Bertz CT molecular complexity index is 386. The third kappa shape index (κ3) is 2.00. The fraction of sp³-hybridized carbons (Fsp3) is 0.333. The van der Waals surface area contributed by atoms with Crippen molar-refractivity contribution >= 4 is 5.82 Å². The molecule has 0 aliphatic heterocycles. The lowest BCUT2D eigenvalue weighted by Gasteiger charge is -1.91. The monoisotopic (exact) mass is 174 g/mol. The van der Waals surface area contributed by atoms with E-state index >= 15 is 0 Å². The minimum atomic E-state index is 0.266. The van der Waals surface area contributed by atoms with E-state index in [9.17, 15) is 0 Å². The number of aryl methyl sites for hydroxylation is 1.